The first-order chi connectivity index (χ1) is 9.71. The highest BCUT2D eigenvalue weighted by atomic mass is 32.2. The predicted molar refractivity (Wildman–Crippen MR) is 83.6 cm³/mol. The molecule has 0 saturated heterocycles. The molecule has 0 amide bonds. The van der Waals surface area contributed by atoms with E-state index in [0.29, 0.717) is 10.8 Å². The monoisotopic (exact) mass is 329 g/mol. The van der Waals surface area contributed by atoms with Crippen molar-refractivity contribution in [1.82, 2.24) is 4.72 Å². The van der Waals surface area contributed by atoms with Gasteiger partial charge in [0.05, 0.1) is 11.5 Å². The molecule has 2 aliphatic carbocycles. The Bertz CT molecular complexity index is 645. The van der Waals surface area contributed by atoms with Crippen LogP contribution in [0.2, 0.25) is 0 Å². The van der Waals surface area contributed by atoms with Gasteiger partial charge < -0.3 is 5.11 Å². The molecule has 2 saturated carbocycles. The molecule has 1 heterocycles. The third kappa shape index (κ3) is 2.27. The van der Waals surface area contributed by atoms with Gasteiger partial charge in [0.1, 0.15) is 0 Å². The van der Waals surface area contributed by atoms with Crippen molar-refractivity contribution < 1.29 is 13.5 Å². The summed E-state index contributed by atoms with van der Waals surface area (Å²) < 4.78 is 28.4. The number of hydrogen-bond acceptors (Lipinski definition) is 4. The van der Waals surface area contributed by atoms with Crippen LogP contribution in [0.15, 0.2) is 16.3 Å². The average Bonchev–Trinajstić information content (AvgIpc) is 3.05. The Balaban J connectivity index is 1.93. The standard InChI is InChI=1S/C15H23NO3S2/c1-14(2)10-4-6-15(3,8-10)13(14)16-21(18,19)12-5-7-20-11(12)9-17/h5,7,10,13,16-17H,4,6,8-9H2,1-3H3. The first-order valence-electron chi connectivity index (χ1n) is 7.40. The summed E-state index contributed by atoms with van der Waals surface area (Å²) in [6, 6.07) is 1.54. The number of nitrogens with one attached hydrogen (secondary N) is 1. The van der Waals surface area contributed by atoms with Gasteiger partial charge in [-0.2, -0.15) is 0 Å². The molecule has 3 atom stereocenters. The number of hydrogen-bond donors (Lipinski definition) is 2. The molecule has 0 spiro atoms. The van der Waals surface area contributed by atoms with Crippen LogP contribution in [0.4, 0.5) is 0 Å². The van der Waals surface area contributed by atoms with Gasteiger partial charge in [-0.1, -0.05) is 20.8 Å². The number of thiophene rings is 1. The SMILES string of the molecule is CC12CCC(C1)C(C)(C)C2NS(=O)(=O)c1ccsc1CO. The minimum Gasteiger partial charge on any atom is -0.391 e. The molecule has 2 bridgehead atoms. The average molecular weight is 329 g/mol. The summed E-state index contributed by atoms with van der Waals surface area (Å²) >= 11 is 1.28. The van der Waals surface area contributed by atoms with Gasteiger partial charge in [-0.3, -0.25) is 0 Å². The maximum Gasteiger partial charge on any atom is 0.242 e. The third-order valence-corrected chi connectivity index (χ3v) is 8.22. The highest BCUT2D eigenvalue weighted by Crippen LogP contribution is 2.62. The van der Waals surface area contributed by atoms with Crippen molar-refractivity contribution in [2.75, 3.05) is 0 Å². The lowest BCUT2D eigenvalue weighted by molar-refractivity contribution is 0.127. The molecule has 3 rings (SSSR count). The van der Waals surface area contributed by atoms with Crippen LogP contribution in [-0.4, -0.2) is 19.6 Å². The molecule has 1 aromatic rings. The molecule has 0 radical (unpaired) electrons. The molecule has 4 nitrogen and oxygen atoms in total. The summed E-state index contributed by atoms with van der Waals surface area (Å²) in [4.78, 5) is 0.741. The molecule has 118 valence electrons. The number of rotatable bonds is 4. The summed E-state index contributed by atoms with van der Waals surface area (Å²) in [5.74, 6) is 0.593. The third-order valence-electron chi connectivity index (χ3n) is 5.68. The molecular weight excluding hydrogens is 306 g/mol. The van der Waals surface area contributed by atoms with Crippen molar-refractivity contribution in [3.8, 4) is 0 Å². The van der Waals surface area contributed by atoms with Crippen molar-refractivity contribution in [2.24, 2.45) is 16.7 Å². The summed E-state index contributed by atoms with van der Waals surface area (Å²) in [6.07, 6.45) is 3.39. The van der Waals surface area contributed by atoms with Gasteiger partial charge in [-0.25, -0.2) is 13.1 Å². The van der Waals surface area contributed by atoms with E-state index in [1.807, 2.05) is 0 Å². The van der Waals surface area contributed by atoms with Crippen LogP contribution in [-0.2, 0) is 16.6 Å². The fraction of sp³-hybridized carbons (Fsp3) is 0.733. The van der Waals surface area contributed by atoms with E-state index < -0.39 is 10.0 Å². The molecular formula is C15H23NO3S2. The van der Waals surface area contributed by atoms with Crippen LogP contribution >= 0.6 is 11.3 Å². The quantitative estimate of drug-likeness (QED) is 0.892. The zero-order chi connectivity index (χ0) is 15.5. The van der Waals surface area contributed by atoms with E-state index in [1.165, 1.54) is 17.8 Å². The van der Waals surface area contributed by atoms with Gasteiger partial charge in [-0.05, 0) is 47.5 Å². The van der Waals surface area contributed by atoms with Crippen LogP contribution in [0.5, 0.6) is 0 Å². The fourth-order valence-electron chi connectivity index (χ4n) is 4.50. The maximum absolute atomic E-state index is 12.7. The zero-order valence-corrected chi connectivity index (χ0v) is 14.4. The highest BCUT2D eigenvalue weighted by molar-refractivity contribution is 7.89. The van der Waals surface area contributed by atoms with Crippen molar-refractivity contribution >= 4 is 21.4 Å². The lowest BCUT2D eigenvalue weighted by Gasteiger charge is -2.42. The molecule has 2 N–H and O–H groups in total. The highest BCUT2D eigenvalue weighted by Gasteiger charge is 2.60. The maximum atomic E-state index is 12.7. The van der Waals surface area contributed by atoms with Crippen molar-refractivity contribution in [2.45, 2.75) is 57.6 Å². The molecule has 0 aromatic carbocycles. The summed E-state index contributed by atoms with van der Waals surface area (Å²) in [6.45, 7) is 6.32. The molecule has 0 aliphatic heterocycles. The lowest BCUT2D eigenvalue weighted by Crippen LogP contribution is -2.52. The van der Waals surface area contributed by atoms with Crippen LogP contribution in [0.1, 0.15) is 44.9 Å². The molecule has 21 heavy (non-hydrogen) atoms. The number of aliphatic hydroxyl groups is 1. The molecule has 1 aromatic heterocycles. The van der Waals surface area contributed by atoms with Crippen molar-refractivity contribution in [3.05, 3.63) is 16.3 Å². The second-order valence-corrected chi connectivity index (χ2v) is 10.0. The van der Waals surface area contributed by atoms with Crippen molar-refractivity contribution in [1.29, 1.82) is 0 Å². The van der Waals surface area contributed by atoms with E-state index in [2.05, 4.69) is 25.5 Å². The van der Waals surface area contributed by atoms with Gasteiger partial charge in [0, 0.05) is 10.9 Å². The van der Waals surface area contributed by atoms with Gasteiger partial charge in [0.2, 0.25) is 10.0 Å². The summed E-state index contributed by atoms with van der Waals surface area (Å²) in [5, 5.41) is 11.0. The smallest absolute Gasteiger partial charge is 0.242 e. The topological polar surface area (TPSA) is 66.4 Å². The van der Waals surface area contributed by atoms with Gasteiger partial charge in [0.15, 0.2) is 0 Å². The Hall–Kier alpha value is -0.430. The van der Waals surface area contributed by atoms with Crippen LogP contribution < -0.4 is 4.72 Å². The minimum absolute atomic E-state index is 0.0184. The van der Waals surface area contributed by atoms with E-state index in [-0.39, 0.29) is 28.4 Å². The first-order valence-corrected chi connectivity index (χ1v) is 9.76. The van der Waals surface area contributed by atoms with E-state index in [0.717, 1.165) is 12.8 Å². The Kier molecular flexibility index (Phi) is 3.52. The zero-order valence-electron chi connectivity index (χ0n) is 12.7. The van der Waals surface area contributed by atoms with E-state index in [4.69, 9.17) is 0 Å². The van der Waals surface area contributed by atoms with Crippen LogP contribution in [0.25, 0.3) is 0 Å². The van der Waals surface area contributed by atoms with E-state index >= 15 is 0 Å². The van der Waals surface area contributed by atoms with E-state index in [1.54, 1.807) is 11.4 Å². The van der Waals surface area contributed by atoms with Crippen LogP contribution in [0.3, 0.4) is 0 Å². The largest absolute Gasteiger partial charge is 0.391 e. The Morgan fingerprint density at radius 1 is 1.43 bits per heavy atom. The summed E-state index contributed by atoms with van der Waals surface area (Å²) in [5.41, 5.74) is 0.0338. The van der Waals surface area contributed by atoms with E-state index in [9.17, 15) is 13.5 Å². The molecule has 3 unspecified atom stereocenters. The number of fused-ring (bicyclic) bond motifs is 2. The fourth-order valence-corrected chi connectivity index (χ4v) is 7.32. The second kappa shape index (κ2) is 4.78. The Morgan fingerprint density at radius 2 is 2.14 bits per heavy atom. The summed E-state index contributed by atoms with van der Waals surface area (Å²) in [7, 11) is -3.57. The van der Waals surface area contributed by atoms with Gasteiger partial charge in [-0.15, -0.1) is 11.3 Å². The number of sulfonamides is 1. The predicted octanol–water partition coefficient (Wildman–Crippen LogP) is 2.73. The Morgan fingerprint density at radius 3 is 2.71 bits per heavy atom. The Labute approximate surface area is 130 Å². The van der Waals surface area contributed by atoms with Crippen LogP contribution in [0, 0.1) is 16.7 Å². The van der Waals surface area contributed by atoms with Gasteiger partial charge in [0.25, 0.3) is 0 Å². The first kappa shape index (κ1) is 15.5. The van der Waals surface area contributed by atoms with Crippen molar-refractivity contribution in [3.63, 3.8) is 0 Å². The molecule has 2 fully saturated rings. The second-order valence-electron chi connectivity index (χ2n) is 7.34. The minimum atomic E-state index is -3.57. The molecule has 6 heteroatoms. The van der Waals surface area contributed by atoms with Gasteiger partial charge >= 0.3 is 0 Å². The number of aliphatic hydroxyl groups excluding tert-OH is 1. The normalized spacial score (nSPS) is 34.5. The lowest BCUT2D eigenvalue weighted by atomic mass is 9.69. The molecule has 2 aliphatic rings.